The molecule has 1 aromatic heterocycles. The van der Waals surface area contributed by atoms with Crippen LogP contribution in [0.5, 0.6) is 0 Å². The fourth-order valence-electron chi connectivity index (χ4n) is 1.35. The lowest BCUT2D eigenvalue weighted by atomic mass is 10.2. The molecule has 0 aliphatic heterocycles. The summed E-state index contributed by atoms with van der Waals surface area (Å²) in [6, 6.07) is 1.93. The number of aryl methyl sites for hydroxylation is 1. The normalized spacial score (nSPS) is 11.8. The van der Waals surface area contributed by atoms with Crippen LogP contribution in [0.2, 0.25) is 0 Å². The Bertz CT molecular complexity index is 382. The van der Waals surface area contributed by atoms with E-state index >= 15 is 0 Å². The quantitative estimate of drug-likeness (QED) is 0.556. The van der Waals surface area contributed by atoms with Gasteiger partial charge in [0.15, 0.2) is 0 Å². The topological polar surface area (TPSA) is 67.2 Å². The number of nitrogens with one attached hydrogen (secondary N) is 1. The number of hydrogen-bond acceptors (Lipinski definition) is 3. The Balaban J connectivity index is 2.36. The molecule has 0 aliphatic carbocycles. The predicted octanol–water partition coefficient (Wildman–Crippen LogP) is 0.931. The van der Waals surface area contributed by atoms with Crippen molar-refractivity contribution in [1.29, 1.82) is 0 Å². The monoisotopic (exact) mass is 223 g/mol. The smallest absolute Gasteiger partial charge is 0.331 e. The van der Waals surface area contributed by atoms with E-state index in [9.17, 15) is 4.79 Å². The van der Waals surface area contributed by atoms with Crippen LogP contribution >= 0.6 is 0 Å². The molecule has 2 N–H and O–H groups in total. The van der Waals surface area contributed by atoms with E-state index in [1.54, 1.807) is 17.0 Å². The summed E-state index contributed by atoms with van der Waals surface area (Å²) < 4.78 is 1.79. The molecular formula is C11H17N3O2. The van der Waals surface area contributed by atoms with Gasteiger partial charge < -0.3 is 10.4 Å². The fourth-order valence-corrected chi connectivity index (χ4v) is 1.35. The Kier molecular flexibility index (Phi) is 4.72. The summed E-state index contributed by atoms with van der Waals surface area (Å²) in [5, 5.41) is 16.0. The lowest BCUT2D eigenvalue weighted by Crippen LogP contribution is -2.16. The first kappa shape index (κ1) is 12.4. The molecule has 0 bridgehead atoms. The Hall–Kier alpha value is -1.62. The molecule has 0 saturated carbocycles. The molecule has 5 nitrogen and oxygen atoms in total. The second-order valence-electron chi connectivity index (χ2n) is 3.47. The van der Waals surface area contributed by atoms with E-state index in [0.717, 1.165) is 5.69 Å². The molecule has 88 valence electrons. The van der Waals surface area contributed by atoms with E-state index in [1.807, 2.05) is 20.0 Å². The molecule has 16 heavy (non-hydrogen) atoms. The first-order valence-electron chi connectivity index (χ1n) is 5.25. The van der Waals surface area contributed by atoms with E-state index < -0.39 is 5.97 Å². The number of nitrogens with zero attached hydrogens (tertiary/aromatic N) is 2. The maximum atomic E-state index is 10.7. The van der Waals surface area contributed by atoms with Gasteiger partial charge in [-0.1, -0.05) is 13.0 Å². The molecule has 1 heterocycles. The summed E-state index contributed by atoms with van der Waals surface area (Å²) >= 11 is 0. The van der Waals surface area contributed by atoms with E-state index in [0.29, 0.717) is 25.1 Å². The Morgan fingerprint density at radius 1 is 1.69 bits per heavy atom. The van der Waals surface area contributed by atoms with Gasteiger partial charge in [0.05, 0.1) is 5.69 Å². The van der Waals surface area contributed by atoms with Crippen LogP contribution in [0.15, 0.2) is 23.9 Å². The zero-order chi connectivity index (χ0) is 12.0. The third kappa shape index (κ3) is 3.51. The number of rotatable bonds is 6. The second-order valence-corrected chi connectivity index (χ2v) is 3.47. The maximum Gasteiger partial charge on any atom is 0.331 e. The van der Waals surface area contributed by atoms with E-state index in [1.165, 1.54) is 0 Å². The van der Waals surface area contributed by atoms with Gasteiger partial charge in [0.1, 0.15) is 0 Å². The minimum absolute atomic E-state index is 0.442. The minimum Gasteiger partial charge on any atom is -0.478 e. The molecule has 0 radical (unpaired) electrons. The van der Waals surface area contributed by atoms with Crippen LogP contribution in [-0.4, -0.2) is 27.4 Å². The molecule has 0 fully saturated rings. The van der Waals surface area contributed by atoms with Crippen LogP contribution in [0.1, 0.15) is 19.0 Å². The van der Waals surface area contributed by atoms with Crippen LogP contribution in [-0.2, 0) is 18.4 Å². The highest BCUT2D eigenvalue weighted by molar-refractivity contribution is 5.86. The van der Waals surface area contributed by atoms with Crippen molar-refractivity contribution >= 4 is 5.97 Å². The third-order valence-corrected chi connectivity index (χ3v) is 2.38. The van der Waals surface area contributed by atoms with Gasteiger partial charge >= 0.3 is 5.97 Å². The highest BCUT2D eigenvalue weighted by Crippen LogP contribution is 1.99. The highest BCUT2D eigenvalue weighted by atomic mass is 16.4. The zero-order valence-corrected chi connectivity index (χ0v) is 9.60. The van der Waals surface area contributed by atoms with Gasteiger partial charge in [0, 0.05) is 31.9 Å². The molecule has 5 heteroatoms. The molecule has 0 aromatic carbocycles. The van der Waals surface area contributed by atoms with Gasteiger partial charge in [-0.3, -0.25) is 4.68 Å². The van der Waals surface area contributed by atoms with Crippen LogP contribution in [0.4, 0.5) is 0 Å². The average molecular weight is 223 g/mol. The lowest BCUT2D eigenvalue weighted by Gasteiger charge is -2.03. The summed E-state index contributed by atoms with van der Waals surface area (Å²) in [5.41, 5.74) is 1.51. The fraction of sp³-hybridized carbons (Fsp3) is 0.455. The minimum atomic E-state index is -0.843. The van der Waals surface area contributed by atoms with Gasteiger partial charge in [0.25, 0.3) is 0 Å². The molecule has 1 aromatic rings. The molecule has 0 unspecified atom stereocenters. The molecular weight excluding hydrogens is 206 g/mol. The van der Waals surface area contributed by atoms with Crippen molar-refractivity contribution in [3.05, 3.63) is 29.6 Å². The van der Waals surface area contributed by atoms with Crippen molar-refractivity contribution in [2.24, 2.45) is 7.05 Å². The number of carboxylic acid groups (broad SMARTS) is 1. The van der Waals surface area contributed by atoms with Crippen molar-refractivity contribution in [1.82, 2.24) is 15.1 Å². The largest absolute Gasteiger partial charge is 0.478 e. The van der Waals surface area contributed by atoms with Crippen molar-refractivity contribution in [3.63, 3.8) is 0 Å². The number of aliphatic carboxylic acids is 1. The first-order chi connectivity index (χ1) is 7.65. The summed E-state index contributed by atoms with van der Waals surface area (Å²) in [6.07, 6.45) is 3.99. The van der Waals surface area contributed by atoms with Crippen molar-refractivity contribution < 1.29 is 9.90 Å². The van der Waals surface area contributed by atoms with Crippen LogP contribution in [0.3, 0.4) is 0 Å². The molecule has 0 atom stereocenters. The highest BCUT2D eigenvalue weighted by Gasteiger charge is 2.02. The van der Waals surface area contributed by atoms with Crippen molar-refractivity contribution in [2.45, 2.75) is 19.9 Å². The molecule has 0 aliphatic rings. The van der Waals surface area contributed by atoms with E-state index in [2.05, 4.69) is 10.4 Å². The predicted molar refractivity (Wildman–Crippen MR) is 60.9 cm³/mol. The lowest BCUT2D eigenvalue weighted by molar-refractivity contribution is -0.132. The number of aromatic nitrogens is 2. The molecule has 0 amide bonds. The number of hydrogen-bond donors (Lipinski definition) is 2. The number of carboxylic acids is 1. The molecule has 0 saturated heterocycles. The first-order valence-corrected chi connectivity index (χ1v) is 5.25. The van der Waals surface area contributed by atoms with Crippen molar-refractivity contribution in [3.8, 4) is 0 Å². The van der Waals surface area contributed by atoms with Crippen LogP contribution in [0, 0.1) is 0 Å². The SMILES string of the molecule is CCC(=CCNCc1ccnn1C)C(=O)O. The van der Waals surface area contributed by atoms with Crippen molar-refractivity contribution in [2.75, 3.05) is 6.54 Å². The summed E-state index contributed by atoms with van der Waals surface area (Å²) in [7, 11) is 1.88. The van der Waals surface area contributed by atoms with Crippen LogP contribution < -0.4 is 5.32 Å². The average Bonchev–Trinajstić information content (AvgIpc) is 2.64. The Labute approximate surface area is 94.8 Å². The van der Waals surface area contributed by atoms with Gasteiger partial charge in [0.2, 0.25) is 0 Å². The third-order valence-electron chi connectivity index (χ3n) is 2.38. The summed E-state index contributed by atoms with van der Waals surface area (Å²) in [5.74, 6) is -0.843. The molecule has 1 rings (SSSR count). The number of carbonyl (C=O) groups is 1. The van der Waals surface area contributed by atoms with E-state index in [-0.39, 0.29) is 0 Å². The van der Waals surface area contributed by atoms with Gasteiger partial charge in [-0.25, -0.2) is 4.79 Å². The van der Waals surface area contributed by atoms with Crippen LogP contribution in [0.25, 0.3) is 0 Å². The maximum absolute atomic E-state index is 10.7. The summed E-state index contributed by atoms with van der Waals surface area (Å²) in [6.45, 7) is 3.07. The Morgan fingerprint density at radius 3 is 2.94 bits per heavy atom. The van der Waals surface area contributed by atoms with Gasteiger partial charge in [-0.05, 0) is 12.5 Å². The Morgan fingerprint density at radius 2 is 2.44 bits per heavy atom. The van der Waals surface area contributed by atoms with Gasteiger partial charge in [-0.15, -0.1) is 0 Å². The van der Waals surface area contributed by atoms with E-state index in [4.69, 9.17) is 5.11 Å². The zero-order valence-electron chi connectivity index (χ0n) is 9.60. The summed E-state index contributed by atoms with van der Waals surface area (Å²) in [4.78, 5) is 10.7. The van der Waals surface area contributed by atoms with Gasteiger partial charge in [-0.2, -0.15) is 5.10 Å². The molecule has 0 spiro atoms. The second kappa shape index (κ2) is 6.07. The standard InChI is InChI=1S/C11H17N3O2/c1-3-9(11(15)16)4-6-12-8-10-5-7-13-14(10)2/h4-5,7,12H,3,6,8H2,1-2H3,(H,15,16).